The molecule has 6 heteroatoms. The van der Waals surface area contributed by atoms with E-state index in [2.05, 4.69) is 17.4 Å². The molecule has 0 spiro atoms. The highest BCUT2D eigenvalue weighted by atomic mass is 16.5. The summed E-state index contributed by atoms with van der Waals surface area (Å²) in [7, 11) is 3.21. The van der Waals surface area contributed by atoms with Gasteiger partial charge in [-0.15, -0.1) is 0 Å². The zero-order valence-electron chi connectivity index (χ0n) is 12.5. The second-order valence-corrected chi connectivity index (χ2v) is 4.38. The van der Waals surface area contributed by atoms with Crippen LogP contribution in [-0.4, -0.2) is 25.9 Å². The van der Waals surface area contributed by atoms with Crippen LogP contribution in [0.15, 0.2) is 28.9 Å². The maximum absolute atomic E-state index is 5.75. The molecule has 0 bridgehead atoms. The summed E-state index contributed by atoms with van der Waals surface area (Å²) in [5.41, 5.74) is 1.07. The largest absolute Gasteiger partial charge is 0.493 e. The van der Waals surface area contributed by atoms with Gasteiger partial charge in [0.1, 0.15) is 6.61 Å². The number of nitrogens with one attached hydrogen (secondary N) is 1. The Labute approximate surface area is 124 Å². The molecule has 0 atom stereocenters. The third-order valence-electron chi connectivity index (χ3n) is 2.95. The van der Waals surface area contributed by atoms with Crippen LogP contribution >= 0.6 is 0 Å². The van der Waals surface area contributed by atoms with Gasteiger partial charge in [0.15, 0.2) is 17.3 Å². The number of hydrogen-bond donors (Lipinski definition) is 1. The highest BCUT2D eigenvalue weighted by Gasteiger charge is 2.15. The average molecular weight is 292 g/mol. The smallest absolute Gasteiger partial charge is 0.204 e. The van der Waals surface area contributed by atoms with Crippen molar-refractivity contribution in [1.29, 1.82) is 0 Å². The average Bonchev–Trinajstić information content (AvgIpc) is 3.03. The van der Waals surface area contributed by atoms with Crippen LogP contribution in [0.5, 0.6) is 17.2 Å². The van der Waals surface area contributed by atoms with Gasteiger partial charge in [0.25, 0.3) is 0 Å². The molecular weight excluding hydrogens is 272 g/mol. The molecule has 0 radical (unpaired) electrons. The Hall–Kier alpha value is -2.21. The lowest BCUT2D eigenvalue weighted by atomic mass is 10.1. The van der Waals surface area contributed by atoms with E-state index in [0.29, 0.717) is 23.0 Å². The molecule has 1 aromatic heterocycles. The van der Waals surface area contributed by atoms with Gasteiger partial charge in [-0.3, -0.25) is 0 Å². The van der Waals surface area contributed by atoms with E-state index in [9.17, 15) is 0 Å². The lowest BCUT2D eigenvalue weighted by molar-refractivity contribution is 0.228. The monoisotopic (exact) mass is 292 g/mol. The summed E-state index contributed by atoms with van der Waals surface area (Å²) in [6.07, 6.45) is 1.58. The van der Waals surface area contributed by atoms with Gasteiger partial charge >= 0.3 is 0 Å². The van der Waals surface area contributed by atoms with Gasteiger partial charge < -0.3 is 24.1 Å². The molecule has 114 valence electrons. The van der Waals surface area contributed by atoms with Crippen molar-refractivity contribution < 1.29 is 18.7 Å². The maximum Gasteiger partial charge on any atom is 0.204 e. The predicted octanol–water partition coefficient (Wildman–Crippen LogP) is 2.38. The highest BCUT2D eigenvalue weighted by Crippen LogP contribution is 2.39. The fourth-order valence-electron chi connectivity index (χ4n) is 1.91. The number of hydrogen-bond acceptors (Lipinski definition) is 6. The number of rotatable bonds is 8. The number of aromatic nitrogens is 1. The van der Waals surface area contributed by atoms with Crippen LogP contribution in [0.1, 0.15) is 18.2 Å². The minimum absolute atomic E-state index is 0.263. The molecule has 1 heterocycles. The summed E-state index contributed by atoms with van der Waals surface area (Å²) in [6.45, 7) is 3.96. The molecule has 0 fully saturated rings. The van der Waals surface area contributed by atoms with Crippen LogP contribution in [0.3, 0.4) is 0 Å². The summed E-state index contributed by atoms with van der Waals surface area (Å²) >= 11 is 0. The van der Waals surface area contributed by atoms with Gasteiger partial charge in [0, 0.05) is 12.6 Å². The van der Waals surface area contributed by atoms with Crippen LogP contribution in [0.2, 0.25) is 0 Å². The van der Waals surface area contributed by atoms with Gasteiger partial charge in [0.2, 0.25) is 5.75 Å². The lowest BCUT2D eigenvalue weighted by Gasteiger charge is -2.15. The third kappa shape index (κ3) is 3.88. The molecule has 0 aliphatic rings. The predicted molar refractivity (Wildman–Crippen MR) is 77.8 cm³/mol. The zero-order valence-corrected chi connectivity index (χ0v) is 12.5. The Kier molecular flexibility index (Phi) is 5.45. The summed E-state index contributed by atoms with van der Waals surface area (Å²) in [4.78, 5) is 0. The molecule has 0 aliphatic heterocycles. The lowest BCUT2D eigenvalue weighted by Crippen LogP contribution is -2.12. The summed E-state index contributed by atoms with van der Waals surface area (Å²) in [6, 6.07) is 5.61. The molecule has 0 unspecified atom stereocenters. The first-order valence-corrected chi connectivity index (χ1v) is 6.76. The molecule has 21 heavy (non-hydrogen) atoms. The van der Waals surface area contributed by atoms with Crippen LogP contribution < -0.4 is 19.5 Å². The van der Waals surface area contributed by atoms with E-state index in [0.717, 1.165) is 18.7 Å². The SMILES string of the molecule is CCNCc1cc(OC)c(OCc2ccno2)c(OC)c1. The fourth-order valence-corrected chi connectivity index (χ4v) is 1.91. The quantitative estimate of drug-likeness (QED) is 0.806. The fraction of sp³-hybridized carbons (Fsp3) is 0.400. The number of benzene rings is 1. The van der Waals surface area contributed by atoms with Gasteiger partial charge in [-0.05, 0) is 24.2 Å². The van der Waals surface area contributed by atoms with Crippen molar-refractivity contribution in [2.75, 3.05) is 20.8 Å². The second-order valence-electron chi connectivity index (χ2n) is 4.38. The van der Waals surface area contributed by atoms with E-state index >= 15 is 0 Å². The molecule has 0 aliphatic carbocycles. The van der Waals surface area contributed by atoms with Crippen LogP contribution in [-0.2, 0) is 13.2 Å². The molecule has 6 nitrogen and oxygen atoms in total. The first kappa shape index (κ1) is 15.2. The molecule has 0 amide bonds. The van der Waals surface area contributed by atoms with Crippen LogP contribution in [0.25, 0.3) is 0 Å². The minimum Gasteiger partial charge on any atom is -0.493 e. The van der Waals surface area contributed by atoms with Crippen molar-refractivity contribution in [2.24, 2.45) is 0 Å². The van der Waals surface area contributed by atoms with Crippen molar-refractivity contribution in [1.82, 2.24) is 10.5 Å². The van der Waals surface area contributed by atoms with Crippen LogP contribution in [0.4, 0.5) is 0 Å². The van der Waals surface area contributed by atoms with E-state index in [-0.39, 0.29) is 6.61 Å². The zero-order chi connectivity index (χ0) is 15.1. The normalized spacial score (nSPS) is 10.4. The van der Waals surface area contributed by atoms with Gasteiger partial charge in [-0.2, -0.15) is 0 Å². The van der Waals surface area contributed by atoms with Crippen molar-refractivity contribution in [3.8, 4) is 17.2 Å². The van der Waals surface area contributed by atoms with E-state index in [1.54, 1.807) is 26.5 Å². The first-order chi connectivity index (χ1) is 10.3. The summed E-state index contributed by atoms with van der Waals surface area (Å²) in [5.74, 6) is 2.44. The molecule has 0 saturated heterocycles. The number of methoxy groups -OCH3 is 2. The molecule has 1 N–H and O–H groups in total. The Morgan fingerprint density at radius 1 is 1.19 bits per heavy atom. The standard InChI is InChI=1S/C15H20N2O4/c1-4-16-9-11-7-13(18-2)15(14(8-11)19-3)20-10-12-5-6-17-21-12/h5-8,16H,4,9-10H2,1-3H3. The van der Waals surface area contributed by atoms with Gasteiger partial charge in [-0.1, -0.05) is 12.1 Å². The van der Waals surface area contributed by atoms with Gasteiger partial charge in [-0.25, -0.2) is 0 Å². The Morgan fingerprint density at radius 2 is 1.90 bits per heavy atom. The van der Waals surface area contributed by atoms with E-state index in [1.165, 1.54) is 0 Å². The third-order valence-corrected chi connectivity index (χ3v) is 2.95. The summed E-state index contributed by atoms with van der Waals surface area (Å²) in [5, 5.41) is 6.91. The summed E-state index contributed by atoms with van der Waals surface area (Å²) < 4.78 is 21.6. The molecule has 0 saturated carbocycles. The van der Waals surface area contributed by atoms with Crippen molar-refractivity contribution in [3.05, 3.63) is 35.7 Å². The molecular formula is C15H20N2O4. The van der Waals surface area contributed by atoms with Gasteiger partial charge in [0.05, 0.1) is 20.4 Å². The molecule has 1 aromatic carbocycles. The maximum atomic E-state index is 5.75. The molecule has 2 rings (SSSR count). The first-order valence-electron chi connectivity index (χ1n) is 6.76. The topological polar surface area (TPSA) is 65.8 Å². The van der Waals surface area contributed by atoms with Crippen molar-refractivity contribution in [3.63, 3.8) is 0 Å². The van der Waals surface area contributed by atoms with E-state index in [1.807, 2.05) is 12.1 Å². The second kappa shape index (κ2) is 7.54. The number of nitrogens with zero attached hydrogens (tertiary/aromatic N) is 1. The Bertz CT molecular complexity index is 530. The van der Waals surface area contributed by atoms with Crippen LogP contribution in [0, 0.1) is 0 Å². The minimum atomic E-state index is 0.263. The highest BCUT2D eigenvalue weighted by molar-refractivity contribution is 5.53. The number of ether oxygens (including phenoxy) is 3. The van der Waals surface area contributed by atoms with E-state index in [4.69, 9.17) is 18.7 Å². The van der Waals surface area contributed by atoms with Crippen molar-refractivity contribution in [2.45, 2.75) is 20.1 Å². The van der Waals surface area contributed by atoms with Crippen molar-refractivity contribution >= 4 is 0 Å². The Balaban J connectivity index is 2.21. The Morgan fingerprint density at radius 3 is 2.43 bits per heavy atom. The molecule has 2 aromatic rings. The van der Waals surface area contributed by atoms with E-state index < -0.39 is 0 Å².